The molecule has 0 aromatic heterocycles. The molecule has 1 unspecified atom stereocenters. The molecular formula is C16H28N2. The monoisotopic (exact) mass is 248 g/mol. The Morgan fingerprint density at radius 1 is 1.17 bits per heavy atom. The standard InChI is InChI=1S/C16H28N2/c1-3-4-6-9-14(2)18-13-16(17)12-15-10-7-5-8-11-15/h5,7-8,10-11,14,16,18H,3-4,6,9,12-13,17H2,1-2H3/t14?,16-/m1/s1. The first-order chi connectivity index (χ1) is 8.72. The summed E-state index contributed by atoms with van der Waals surface area (Å²) < 4.78 is 0. The lowest BCUT2D eigenvalue weighted by Crippen LogP contribution is -2.39. The molecular weight excluding hydrogens is 220 g/mol. The van der Waals surface area contributed by atoms with Crippen LogP contribution in [0.25, 0.3) is 0 Å². The van der Waals surface area contributed by atoms with Crippen LogP contribution in [0.5, 0.6) is 0 Å². The number of nitrogens with one attached hydrogen (secondary N) is 1. The van der Waals surface area contributed by atoms with Gasteiger partial charge in [0.2, 0.25) is 0 Å². The second-order valence-electron chi connectivity index (χ2n) is 5.25. The molecule has 0 fully saturated rings. The van der Waals surface area contributed by atoms with Crippen molar-refractivity contribution in [1.29, 1.82) is 0 Å². The molecule has 2 heteroatoms. The molecule has 1 aromatic carbocycles. The molecule has 3 N–H and O–H groups in total. The van der Waals surface area contributed by atoms with Crippen LogP contribution in [0.15, 0.2) is 30.3 Å². The summed E-state index contributed by atoms with van der Waals surface area (Å²) in [5.41, 5.74) is 7.47. The van der Waals surface area contributed by atoms with Crippen LogP contribution in [-0.2, 0) is 6.42 Å². The van der Waals surface area contributed by atoms with Crippen molar-refractivity contribution in [3.05, 3.63) is 35.9 Å². The molecule has 2 atom stereocenters. The summed E-state index contributed by atoms with van der Waals surface area (Å²) in [6.45, 7) is 5.40. The highest BCUT2D eigenvalue weighted by Crippen LogP contribution is 2.04. The molecule has 1 aromatic rings. The minimum atomic E-state index is 0.209. The second kappa shape index (κ2) is 9.12. The van der Waals surface area contributed by atoms with Crippen molar-refractivity contribution in [2.75, 3.05) is 6.54 Å². The third-order valence-corrected chi connectivity index (χ3v) is 3.31. The SMILES string of the molecule is CCCCCC(C)NC[C@H](N)Cc1ccccc1. The fourth-order valence-corrected chi connectivity index (χ4v) is 2.14. The van der Waals surface area contributed by atoms with Gasteiger partial charge in [-0.15, -0.1) is 0 Å². The summed E-state index contributed by atoms with van der Waals surface area (Å²) >= 11 is 0. The van der Waals surface area contributed by atoms with Gasteiger partial charge in [-0.3, -0.25) is 0 Å². The van der Waals surface area contributed by atoms with Gasteiger partial charge in [-0.1, -0.05) is 56.5 Å². The van der Waals surface area contributed by atoms with E-state index in [1.807, 2.05) is 6.07 Å². The topological polar surface area (TPSA) is 38.0 Å². The molecule has 0 amide bonds. The Morgan fingerprint density at radius 2 is 1.89 bits per heavy atom. The zero-order valence-electron chi connectivity index (χ0n) is 11.9. The van der Waals surface area contributed by atoms with Gasteiger partial charge in [0.05, 0.1) is 0 Å². The Labute approximate surface area is 112 Å². The van der Waals surface area contributed by atoms with E-state index < -0.39 is 0 Å². The van der Waals surface area contributed by atoms with Gasteiger partial charge in [-0.2, -0.15) is 0 Å². The van der Waals surface area contributed by atoms with Crippen LogP contribution in [0, 0.1) is 0 Å². The van der Waals surface area contributed by atoms with Crippen molar-refractivity contribution in [2.45, 2.75) is 58.0 Å². The van der Waals surface area contributed by atoms with E-state index in [0.717, 1.165) is 13.0 Å². The normalized spacial score (nSPS) is 14.4. The Balaban J connectivity index is 2.14. The predicted molar refractivity (Wildman–Crippen MR) is 79.7 cm³/mol. The second-order valence-corrected chi connectivity index (χ2v) is 5.25. The molecule has 0 aliphatic rings. The summed E-state index contributed by atoms with van der Waals surface area (Å²) in [6, 6.07) is 11.3. The molecule has 0 radical (unpaired) electrons. The summed E-state index contributed by atoms with van der Waals surface area (Å²) in [4.78, 5) is 0. The number of benzene rings is 1. The first kappa shape index (κ1) is 15.2. The lowest BCUT2D eigenvalue weighted by molar-refractivity contribution is 0.461. The molecule has 0 aliphatic carbocycles. The number of rotatable bonds is 9. The van der Waals surface area contributed by atoms with Gasteiger partial charge in [0.1, 0.15) is 0 Å². The summed E-state index contributed by atoms with van der Waals surface area (Å²) in [6.07, 6.45) is 6.16. The molecule has 0 saturated carbocycles. The maximum Gasteiger partial charge on any atom is 0.0206 e. The fourth-order valence-electron chi connectivity index (χ4n) is 2.14. The number of unbranched alkanes of at least 4 members (excludes halogenated alkanes) is 2. The van der Waals surface area contributed by atoms with Crippen molar-refractivity contribution in [3.8, 4) is 0 Å². The molecule has 0 saturated heterocycles. The minimum Gasteiger partial charge on any atom is -0.326 e. The van der Waals surface area contributed by atoms with E-state index in [9.17, 15) is 0 Å². The summed E-state index contributed by atoms with van der Waals surface area (Å²) in [5.74, 6) is 0. The van der Waals surface area contributed by atoms with Gasteiger partial charge >= 0.3 is 0 Å². The minimum absolute atomic E-state index is 0.209. The van der Waals surface area contributed by atoms with E-state index in [2.05, 4.69) is 43.4 Å². The number of hydrogen-bond acceptors (Lipinski definition) is 2. The van der Waals surface area contributed by atoms with Crippen LogP contribution in [0.1, 0.15) is 45.1 Å². The zero-order valence-corrected chi connectivity index (χ0v) is 11.9. The van der Waals surface area contributed by atoms with Gasteiger partial charge in [-0.05, 0) is 25.3 Å². The zero-order chi connectivity index (χ0) is 13.2. The predicted octanol–water partition coefficient (Wildman–Crippen LogP) is 3.11. The first-order valence-electron chi connectivity index (χ1n) is 7.25. The molecule has 0 bridgehead atoms. The molecule has 1 rings (SSSR count). The third kappa shape index (κ3) is 6.77. The van der Waals surface area contributed by atoms with Gasteiger partial charge in [-0.25, -0.2) is 0 Å². The number of nitrogens with two attached hydrogens (primary N) is 1. The highest BCUT2D eigenvalue weighted by Gasteiger charge is 2.06. The summed E-state index contributed by atoms with van der Waals surface area (Å²) in [7, 11) is 0. The Kier molecular flexibility index (Phi) is 7.70. The molecule has 18 heavy (non-hydrogen) atoms. The molecule has 2 nitrogen and oxygen atoms in total. The first-order valence-corrected chi connectivity index (χ1v) is 7.25. The van der Waals surface area contributed by atoms with E-state index in [4.69, 9.17) is 5.73 Å². The van der Waals surface area contributed by atoms with Crippen LogP contribution in [-0.4, -0.2) is 18.6 Å². The van der Waals surface area contributed by atoms with Crippen molar-refractivity contribution >= 4 is 0 Å². The molecule has 0 aliphatic heterocycles. The van der Waals surface area contributed by atoms with Crippen molar-refractivity contribution < 1.29 is 0 Å². The fraction of sp³-hybridized carbons (Fsp3) is 0.625. The maximum atomic E-state index is 6.15. The van der Waals surface area contributed by atoms with Gasteiger partial charge < -0.3 is 11.1 Å². The highest BCUT2D eigenvalue weighted by atomic mass is 14.9. The van der Waals surface area contributed by atoms with Crippen LogP contribution in [0.2, 0.25) is 0 Å². The van der Waals surface area contributed by atoms with Gasteiger partial charge in [0, 0.05) is 18.6 Å². The van der Waals surface area contributed by atoms with Crippen LogP contribution in [0.3, 0.4) is 0 Å². The van der Waals surface area contributed by atoms with E-state index in [1.54, 1.807) is 0 Å². The van der Waals surface area contributed by atoms with Crippen molar-refractivity contribution in [1.82, 2.24) is 5.32 Å². The van der Waals surface area contributed by atoms with Crippen molar-refractivity contribution in [3.63, 3.8) is 0 Å². The van der Waals surface area contributed by atoms with Crippen LogP contribution < -0.4 is 11.1 Å². The Hall–Kier alpha value is -0.860. The maximum absolute atomic E-state index is 6.15. The van der Waals surface area contributed by atoms with Crippen molar-refractivity contribution in [2.24, 2.45) is 5.73 Å². The Morgan fingerprint density at radius 3 is 2.56 bits per heavy atom. The van der Waals surface area contributed by atoms with Crippen LogP contribution in [0.4, 0.5) is 0 Å². The van der Waals surface area contributed by atoms with E-state index in [-0.39, 0.29) is 6.04 Å². The lowest BCUT2D eigenvalue weighted by Gasteiger charge is -2.17. The average molecular weight is 248 g/mol. The smallest absolute Gasteiger partial charge is 0.0206 e. The largest absolute Gasteiger partial charge is 0.326 e. The summed E-state index contributed by atoms with van der Waals surface area (Å²) in [5, 5.41) is 3.54. The van der Waals surface area contributed by atoms with Gasteiger partial charge in [0.25, 0.3) is 0 Å². The van der Waals surface area contributed by atoms with Crippen LogP contribution >= 0.6 is 0 Å². The molecule has 102 valence electrons. The third-order valence-electron chi connectivity index (χ3n) is 3.31. The number of hydrogen-bond donors (Lipinski definition) is 2. The average Bonchev–Trinajstić information content (AvgIpc) is 2.38. The van der Waals surface area contributed by atoms with E-state index >= 15 is 0 Å². The van der Waals surface area contributed by atoms with E-state index in [1.165, 1.54) is 31.2 Å². The highest BCUT2D eigenvalue weighted by molar-refractivity contribution is 5.15. The molecule has 0 heterocycles. The Bertz CT molecular complexity index is 297. The van der Waals surface area contributed by atoms with E-state index in [0.29, 0.717) is 6.04 Å². The molecule has 0 spiro atoms. The lowest BCUT2D eigenvalue weighted by atomic mass is 10.1. The quantitative estimate of drug-likeness (QED) is 0.659. The van der Waals surface area contributed by atoms with Gasteiger partial charge in [0.15, 0.2) is 0 Å².